The molecule has 0 saturated carbocycles. The Bertz CT molecular complexity index is 1350. The largest absolute Gasteiger partial charge is 0.399 e. The molecule has 5 rings (SSSR count). The fourth-order valence-corrected chi connectivity index (χ4v) is 3.93. The van der Waals surface area contributed by atoms with E-state index in [1.807, 2.05) is 84.9 Å². The van der Waals surface area contributed by atoms with Gasteiger partial charge in [0.1, 0.15) is 0 Å². The highest BCUT2D eigenvalue weighted by molar-refractivity contribution is 7.80. The minimum Gasteiger partial charge on any atom is -0.399 e. The lowest BCUT2D eigenvalue weighted by molar-refractivity contribution is 1.48. The monoisotopic (exact) mass is 505 g/mol. The second-order valence-electron chi connectivity index (χ2n) is 7.54. The van der Waals surface area contributed by atoms with Gasteiger partial charge in [-0.05, 0) is 66.7 Å². The lowest BCUT2D eigenvalue weighted by Gasteiger charge is -2.05. The summed E-state index contributed by atoms with van der Waals surface area (Å²) in [6.45, 7) is 0. The lowest BCUT2D eigenvalue weighted by Crippen LogP contribution is -1.91. The third-order valence-corrected chi connectivity index (χ3v) is 5.84. The summed E-state index contributed by atoms with van der Waals surface area (Å²) < 4.78 is 0. The van der Waals surface area contributed by atoms with E-state index in [0.717, 1.165) is 64.7 Å². The first-order chi connectivity index (χ1) is 16.2. The van der Waals surface area contributed by atoms with Gasteiger partial charge in [0.05, 0.1) is 0 Å². The molecule has 5 aromatic rings. The quantitative estimate of drug-likeness (QED) is 0.0946. The van der Waals surface area contributed by atoms with E-state index in [0.29, 0.717) is 0 Å². The Hall–Kier alpha value is -3.33. The van der Waals surface area contributed by atoms with E-state index in [1.54, 1.807) is 0 Å². The van der Waals surface area contributed by atoms with Gasteiger partial charge in [-0.25, -0.2) is 0 Å². The molecular formula is C26H27N5S3. The van der Waals surface area contributed by atoms with Gasteiger partial charge < -0.3 is 28.7 Å². The zero-order valence-corrected chi connectivity index (χ0v) is 21.0. The van der Waals surface area contributed by atoms with Crippen LogP contribution < -0.4 is 28.7 Å². The number of benzene rings is 5. The Kier molecular flexibility index (Phi) is 8.33. The molecule has 0 bridgehead atoms. The van der Waals surface area contributed by atoms with Crippen molar-refractivity contribution in [3.05, 3.63) is 84.9 Å². The molecule has 0 aliphatic rings. The standard InChI is InChI=1S/2C10H10N2S.C6H7NS/c2*11-9-3-4-10(12)8-5-6(13)1-2-7(8)9;7-5-2-1-3-6(8)4-5/h2*1-5,13H,11-12H2;1-4,8H,7H2. The van der Waals surface area contributed by atoms with E-state index in [2.05, 4.69) is 37.9 Å². The van der Waals surface area contributed by atoms with Crippen LogP contribution in [0.5, 0.6) is 0 Å². The average molecular weight is 506 g/mol. The summed E-state index contributed by atoms with van der Waals surface area (Å²) in [5, 5.41) is 3.90. The average Bonchev–Trinajstić information content (AvgIpc) is 2.80. The minimum atomic E-state index is 0.736. The molecule has 0 spiro atoms. The Morgan fingerprint density at radius 3 is 1.12 bits per heavy atom. The third-order valence-electron chi connectivity index (χ3n) is 5.01. The van der Waals surface area contributed by atoms with Gasteiger partial charge in [-0.1, -0.05) is 18.2 Å². The van der Waals surface area contributed by atoms with Gasteiger partial charge in [0.15, 0.2) is 0 Å². The molecule has 0 aliphatic heterocycles. The van der Waals surface area contributed by atoms with Crippen molar-refractivity contribution in [1.29, 1.82) is 0 Å². The first kappa shape index (κ1) is 25.3. The van der Waals surface area contributed by atoms with Gasteiger partial charge in [0.25, 0.3) is 0 Å². The van der Waals surface area contributed by atoms with Gasteiger partial charge >= 0.3 is 0 Å². The summed E-state index contributed by atoms with van der Waals surface area (Å²) in [7, 11) is 0. The first-order valence-corrected chi connectivity index (χ1v) is 11.6. The van der Waals surface area contributed by atoms with Gasteiger partial charge in [-0.2, -0.15) is 0 Å². The van der Waals surface area contributed by atoms with Crippen LogP contribution in [0.2, 0.25) is 0 Å². The summed E-state index contributed by atoms with van der Waals surface area (Å²) in [6.07, 6.45) is 0. The number of anilines is 5. The fourth-order valence-electron chi connectivity index (χ4n) is 3.29. The molecule has 0 amide bonds. The Labute approximate surface area is 215 Å². The van der Waals surface area contributed by atoms with Crippen LogP contribution in [0.15, 0.2) is 99.6 Å². The summed E-state index contributed by atoms with van der Waals surface area (Å²) in [6, 6.07) is 26.2. The van der Waals surface area contributed by atoms with Crippen molar-refractivity contribution in [2.45, 2.75) is 14.7 Å². The van der Waals surface area contributed by atoms with Crippen LogP contribution in [0.1, 0.15) is 0 Å². The molecule has 0 fully saturated rings. The molecule has 174 valence electrons. The van der Waals surface area contributed by atoms with Crippen molar-refractivity contribution in [2.24, 2.45) is 0 Å². The van der Waals surface area contributed by atoms with Gasteiger partial charge in [-0.15, -0.1) is 37.9 Å². The molecule has 10 N–H and O–H groups in total. The first-order valence-electron chi connectivity index (χ1n) is 10.2. The summed E-state index contributed by atoms with van der Waals surface area (Å²) in [5.41, 5.74) is 32.3. The van der Waals surface area contributed by atoms with E-state index in [1.165, 1.54) is 0 Å². The van der Waals surface area contributed by atoms with E-state index in [4.69, 9.17) is 28.7 Å². The molecule has 5 aromatic carbocycles. The molecule has 0 aliphatic carbocycles. The molecule has 0 aromatic heterocycles. The second kappa shape index (κ2) is 11.2. The number of nitrogens with two attached hydrogens (primary N) is 5. The SMILES string of the molecule is Nc1ccc(N)c2cc(S)ccc12.Nc1ccc(N)c2cc(S)ccc12.Nc1cccc(S)c1. The number of hydrogen-bond acceptors (Lipinski definition) is 8. The van der Waals surface area contributed by atoms with E-state index < -0.39 is 0 Å². The van der Waals surface area contributed by atoms with Gasteiger partial charge in [-0.3, -0.25) is 0 Å². The number of nitrogen functional groups attached to an aromatic ring is 5. The predicted molar refractivity (Wildman–Crippen MR) is 158 cm³/mol. The maximum absolute atomic E-state index is 5.80. The van der Waals surface area contributed by atoms with Crippen molar-refractivity contribution in [3.63, 3.8) is 0 Å². The Morgan fingerprint density at radius 1 is 0.382 bits per heavy atom. The maximum Gasteiger partial charge on any atom is 0.0395 e. The molecule has 34 heavy (non-hydrogen) atoms. The van der Waals surface area contributed by atoms with Crippen LogP contribution in [0.4, 0.5) is 28.4 Å². The van der Waals surface area contributed by atoms with Crippen molar-refractivity contribution < 1.29 is 0 Å². The smallest absolute Gasteiger partial charge is 0.0395 e. The van der Waals surface area contributed by atoms with Crippen LogP contribution in [0.25, 0.3) is 21.5 Å². The Balaban J connectivity index is 0.000000148. The zero-order valence-electron chi connectivity index (χ0n) is 18.3. The van der Waals surface area contributed by atoms with E-state index >= 15 is 0 Å². The number of hydrogen-bond donors (Lipinski definition) is 8. The third kappa shape index (κ3) is 6.38. The highest BCUT2D eigenvalue weighted by Crippen LogP contribution is 2.29. The van der Waals surface area contributed by atoms with E-state index in [9.17, 15) is 0 Å². The topological polar surface area (TPSA) is 130 Å². The minimum absolute atomic E-state index is 0.736. The van der Waals surface area contributed by atoms with Crippen molar-refractivity contribution in [1.82, 2.24) is 0 Å². The van der Waals surface area contributed by atoms with Crippen LogP contribution in [-0.2, 0) is 0 Å². The molecule has 0 radical (unpaired) electrons. The molecular weight excluding hydrogens is 479 g/mol. The number of thiol groups is 3. The van der Waals surface area contributed by atoms with Crippen LogP contribution in [0, 0.1) is 0 Å². The molecule has 0 atom stereocenters. The summed E-state index contributed by atoms with van der Waals surface area (Å²) >= 11 is 12.6. The number of rotatable bonds is 0. The second-order valence-corrected chi connectivity index (χ2v) is 9.09. The van der Waals surface area contributed by atoms with Crippen LogP contribution >= 0.6 is 37.9 Å². The van der Waals surface area contributed by atoms with Gasteiger partial charge in [0, 0.05) is 64.7 Å². The van der Waals surface area contributed by atoms with Gasteiger partial charge in [0.2, 0.25) is 0 Å². The van der Waals surface area contributed by atoms with Crippen LogP contribution in [-0.4, -0.2) is 0 Å². The molecule has 0 saturated heterocycles. The normalized spacial score (nSPS) is 10.2. The molecule has 5 nitrogen and oxygen atoms in total. The fraction of sp³-hybridized carbons (Fsp3) is 0. The lowest BCUT2D eigenvalue weighted by atomic mass is 10.1. The maximum atomic E-state index is 5.80. The zero-order chi connectivity index (χ0) is 24.8. The Morgan fingerprint density at radius 2 is 0.765 bits per heavy atom. The molecule has 0 unspecified atom stereocenters. The van der Waals surface area contributed by atoms with E-state index in [-0.39, 0.29) is 0 Å². The highest BCUT2D eigenvalue weighted by atomic mass is 32.1. The number of fused-ring (bicyclic) bond motifs is 2. The van der Waals surface area contributed by atoms with Crippen molar-refractivity contribution in [3.8, 4) is 0 Å². The summed E-state index contributed by atoms with van der Waals surface area (Å²) in [4.78, 5) is 2.69. The molecule has 0 heterocycles. The van der Waals surface area contributed by atoms with Crippen LogP contribution in [0.3, 0.4) is 0 Å². The van der Waals surface area contributed by atoms with Crippen molar-refractivity contribution >= 4 is 87.9 Å². The molecule has 8 heteroatoms. The predicted octanol–water partition coefficient (Wildman–Crippen LogP) is 6.14. The summed E-state index contributed by atoms with van der Waals surface area (Å²) in [5.74, 6) is 0. The van der Waals surface area contributed by atoms with Crippen molar-refractivity contribution in [2.75, 3.05) is 28.7 Å². The highest BCUT2D eigenvalue weighted by Gasteiger charge is 2.02.